The molecular formula is C20H26F3N5O6. The van der Waals surface area contributed by atoms with E-state index in [4.69, 9.17) is 15.2 Å². The third kappa shape index (κ3) is 7.30. The molecular weight excluding hydrogens is 463 g/mol. The van der Waals surface area contributed by atoms with Gasteiger partial charge in [0.2, 0.25) is 0 Å². The summed E-state index contributed by atoms with van der Waals surface area (Å²) in [5, 5.41) is 12.3. The molecule has 11 nitrogen and oxygen atoms in total. The summed E-state index contributed by atoms with van der Waals surface area (Å²) in [4.78, 5) is 35.1. The van der Waals surface area contributed by atoms with Crippen LogP contribution >= 0.6 is 0 Å². The average Bonchev–Trinajstić information content (AvgIpc) is 2.71. The van der Waals surface area contributed by atoms with Crippen LogP contribution < -0.4 is 15.8 Å². The first-order valence-electron chi connectivity index (χ1n) is 10.1. The number of rotatable bonds is 9. The number of nitrogens with zero attached hydrogens (tertiary/aromatic N) is 3. The molecule has 2 atom stereocenters. The molecule has 14 heteroatoms. The van der Waals surface area contributed by atoms with E-state index in [1.54, 1.807) is 20.8 Å². The van der Waals surface area contributed by atoms with Gasteiger partial charge in [-0.3, -0.25) is 4.79 Å². The molecule has 0 bridgehead atoms. The number of carbonyl (C=O) groups excluding carboxylic acids is 1. The van der Waals surface area contributed by atoms with Gasteiger partial charge in [0.15, 0.2) is 18.0 Å². The number of alkyl carbamates (subject to hydrolysis) is 1. The third-order valence-corrected chi connectivity index (χ3v) is 4.28. The molecule has 2 rings (SSSR count). The van der Waals surface area contributed by atoms with Crippen molar-refractivity contribution in [1.82, 2.24) is 20.3 Å². The lowest BCUT2D eigenvalue weighted by atomic mass is 9.80. The molecule has 0 saturated heterocycles. The normalized spacial score (nSPS) is 20.4. The number of carbonyl (C=O) groups is 2. The van der Waals surface area contributed by atoms with Crippen LogP contribution in [-0.4, -0.2) is 63.7 Å². The number of allylic oxidation sites excluding steroid dienone is 2. The Morgan fingerprint density at radius 1 is 1.26 bits per heavy atom. The predicted octanol–water partition coefficient (Wildman–Crippen LogP) is 2.05. The van der Waals surface area contributed by atoms with Crippen LogP contribution in [0.25, 0.3) is 0 Å². The Morgan fingerprint density at radius 3 is 2.59 bits per heavy atom. The van der Waals surface area contributed by atoms with E-state index in [-0.39, 0.29) is 31.1 Å². The summed E-state index contributed by atoms with van der Waals surface area (Å²) in [6.07, 6.45) is -0.133. The van der Waals surface area contributed by atoms with Crippen LogP contribution in [-0.2, 0) is 19.9 Å². The van der Waals surface area contributed by atoms with E-state index in [9.17, 15) is 27.9 Å². The highest BCUT2D eigenvalue weighted by Gasteiger charge is 2.51. The molecule has 0 fully saturated rings. The molecule has 188 valence electrons. The first-order chi connectivity index (χ1) is 15.7. The van der Waals surface area contributed by atoms with Crippen LogP contribution in [0.3, 0.4) is 0 Å². The van der Waals surface area contributed by atoms with Gasteiger partial charge in [-0.05, 0) is 33.3 Å². The molecule has 1 aromatic heterocycles. The van der Waals surface area contributed by atoms with Crippen molar-refractivity contribution in [1.29, 1.82) is 0 Å². The topological polar surface area (TPSA) is 159 Å². The largest absolute Gasteiger partial charge is 0.481 e. The average molecular weight is 489 g/mol. The Kier molecular flexibility index (Phi) is 8.42. The smallest absolute Gasteiger partial charge is 0.422 e. The molecule has 1 aromatic rings. The molecule has 1 amide bonds. The summed E-state index contributed by atoms with van der Waals surface area (Å²) < 4.78 is 53.1. The number of hydrogen-bond acceptors (Lipinski definition) is 9. The number of amides is 1. The Bertz CT molecular complexity index is 947. The van der Waals surface area contributed by atoms with Crippen molar-refractivity contribution in [2.45, 2.75) is 44.6 Å². The minimum Gasteiger partial charge on any atom is -0.481 e. The highest BCUT2D eigenvalue weighted by Crippen LogP contribution is 2.40. The molecule has 0 spiro atoms. The lowest BCUT2D eigenvalue weighted by Gasteiger charge is -2.37. The summed E-state index contributed by atoms with van der Waals surface area (Å²) in [5.74, 6) is -3.09. The third-order valence-electron chi connectivity index (χ3n) is 4.28. The van der Waals surface area contributed by atoms with Crippen LogP contribution in [0.5, 0.6) is 6.01 Å². The van der Waals surface area contributed by atoms with Gasteiger partial charge in [0, 0.05) is 12.2 Å². The summed E-state index contributed by atoms with van der Waals surface area (Å²) in [5.41, 5.74) is 3.39. The van der Waals surface area contributed by atoms with E-state index in [2.05, 4.69) is 25.0 Å². The second-order valence-electron chi connectivity index (χ2n) is 8.18. The SMILES string of the molecule is CC(C)(C)OC(=O)NCCCOC1(c2ncnc(OCC(F)(F)F)n2)C(N)=CC=CC1C(=O)O. The fourth-order valence-electron chi connectivity index (χ4n) is 2.96. The van der Waals surface area contributed by atoms with Gasteiger partial charge >= 0.3 is 24.2 Å². The van der Waals surface area contributed by atoms with Crippen molar-refractivity contribution < 1.29 is 42.1 Å². The van der Waals surface area contributed by atoms with Crippen molar-refractivity contribution >= 4 is 12.1 Å². The minimum atomic E-state index is -4.64. The van der Waals surface area contributed by atoms with Gasteiger partial charge in [-0.1, -0.05) is 12.2 Å². The summed E-state index contributed by atoms with van der Waals surface area (Å²) >= 11 is 0. The van der Waals surface area contributed by atoms with Gasteiger partial charge in [-0.2, -0.15) is 23.1 Å². The molecule has 34 heavy (non-hydrogen) atoms. The Hall–Kier alpha value is -3.42. The fraction of sp³-hybridized carbons (Fsp3) is 0.550. The second kappa shape index (κ2) is 10.7. The monoisotopic (exact) mass is 489 g/mol. The number of alkyl halides is 3. The van der Waals surface area contributed by atoms with Gasteiger partial charge in [0.25, 0.3) is 0 Å². The van der Waals surface area contributed by atoms with Crippen molar-refractivity contribution in [3.63, 3.8) is 0 Å². The fourth-order valence-corrected chi connectivity index (χ4v) is 2.96. The number of ether oxygens (including phenoxy) is 3. The van der Waals surface area contributed by atoms with Crippen molar-refractivity contribution in [3.05, 3.63) is 36.1 Å². The van der Waals surface area contributed by atoms with E-state index in [1.807, 2.05) is 0 Å². The minimum absolute atomic E-state index is 0.0875. The maximum absolute atomic E-state index is 12.5. The lowest BCUT2D eigenvalue weighted by molar-refractivity contribution is -0.155. The first-order valence-corrected chi connectivity index (χ1v) is 10.1. The number of hydrogen-bond donors (Lipinski definition) is 3. The first kappa shape index (κ1) is 26.8. The number of nitrogens with two attached hydrogens (primary N) is 1. The number of carboxylic acid groups (broad SMARTS) is 1. The summed E-state index contributed by atoms with van der Waals surface area (Å²) in [6.45, 7) is 3.47. The van der Waals surface area contributed by atoms with Crippen molar-refractivity contribution in [3.8, 4) is 6.01 Å². The number of aliphatic carboxylic acids is 1. The van der Waals surface area contributed by atoms with E-state index >= 15 is 0 Å². The van der Waals surface area contributed by atoms with Crippen LogP contribution in [0.2, 0.25) is 0 Å². The number of halogens is 3. The maximum Gasteiger partial charge on any atom is 0.422 e. The van der Waals surface area contributed by atoms with Crippen LogP contribution in [0.4, 0.5) is 18.0 Å². The van der Waals surface area contributed by atoms with Gasteiger partial charge < -0.3 is 30.4 Å². The van der Waals surface area contributed by atoms with Crippen LogP contribution in [0, 0.1) is 5.92 Å². The Morgan fingerprint density at radius 2 is 1.97 bits per heavy atom. The van der Waals surface area contributed by atoms with Crippen molar-refractivity contribution in [2.24, 2.45) is 11.7 Å². The Labute approximate surface area is 193 Å². The van der Waals surface area contributed by atoms with Crippen molar-refractivity contribution in [2.75, 3.05) is 19.8 Å². The molecule has 1 aliphatic carbocycles. The zero-order valence-electron chi connectivity index (χ0n) is 18.8. The van der Waals surface area contributed by atoms with E-state index in [0.29, 0.717) is 0 Å². The predicted molar refractivity (Wildman–Crippen MR) is 110 cm³/mol. The van der Waals surface area contributed by atoms with Crippen LogP contribution in [0.1, 0.15) is 33.0 Å². The van der Waals surface area contributed by atoms with Gasteiger partial charge in [0.1, 0.15) is 17.8 Å². The molecule has 0 aliphatic heterocycles. The number of aromatic nitrogens is 3. The lowest BCUT2D eigenvalue weighted by Crippen LogP contribution is -2.48. The van der Waals surface area contributed by atoms with Gasteiger partial charge in [0.05, 0.1) is 6.61 Å². The molecule has 2 unspecified atom stereocenters. The van der Waals surface area contributed by atoms with E-state index in [0.717, 1.165) is 6.33 Å². The molecule has 1 heterocycles. The van der Waals surface area contributed by atoms with E-state index in [1.165, 1.54) is 18.2 Å². The number of carboxylic acids is 1. The quantitative estimate of drug-likeness (QED) is 0.438. The molecule has 0 saturated carbocycles. The Balaban J connectivity index is 2.23. The highest BCUT2D eigenvalue weighted by atomic mass is 19.4. The van der Waals surface area contributed by atoms with Crippen LogP contribution in [0.15, 0.2) is 30.3 Å². The maximum atomic E-state index is 12.5. The molecule has 1 aliphatic rings. The standard InChI is InChI=1S/C20H26F3N5O6/c1-18(2,3)34-17(31)25-8-5-9-33-20(12(14(29)30)6-4-7-13(20)24)15-26-11-27-16(28-15)32-10-19(21,22)23/h4,6-7,11-12H,5,8-10,24H2,1-3H3,(H,25,31)(H,29,30). The number of nitrogens with one attached hydrogen (secondary N) is 1. The molecule has 0 aromatic carbocycles. The zero-order valence-corrected chi connectivity index (χ0v) is 18.8. The summed E-state index contributed by atoms with van der Waals surface area (Å²) in [6, 6.07) is -0.677. The zero-order chi connectivity index (χ0) is 25.6. The molecule has 4 N–H and O–H groups in total. The van der Waals surface area contributed by atoms with Gasteiger partial charge in [-0.15, -0.1) is 0 Å². The van der Waals surface area contributed by atoms with E-state index < -0.39 is 48.0 Å². The molecule has 0 radical (unpaired) electrons. The highest BCUT2D eigenvalue weighted by molar-refractivity contribution is 5.76. The second-order valence-corrected chi connectivity index (χ2v) is 8.18. The summed E-state index contributed by atoms with van der Waals surface area (Å²) in [7, 11) is 0. The van der Waals surface area contributed by atoms with Gasteiger partial charge in [-0.25, -0.2) is 9.78 Å².